The lowest BCUT2D eigenvalue weighted by molar-refractivity contribution is 0.360. The zero-order valence-electron chi connectivity index (χ0n) is 17.1. The molecule has 0 saturated carbocycles. The molecule has 8 heteroatoms. The highest BCUT2D eigenvalue weighted by molar-refractivity contribution is 6.22. The summed E-state index contributed by atoms with van der Waals surface area (Å²) in [5.41, 5.74) is 8.29. The second-order valence-corrected chi connectivity index (χ2v) is 8.05. The summed E-state index contributed by atoms with van der Waals surface area (Å²) in [7, 11) is 0. The van der Waals surface area contributed by atoms with Crippen molar-refractivity contribution in [2.45, 2.75) is 6.42 Å². The van der Waals surface area contributed by atoms with Crippen LogP contribution in [0.3, 0.4) is 0 Å². The average Bonchev–Trinajstić information content (AvgIpc) is 3.42. The molecule has 6 aromatic rings. The number of pyridine rings is 2. The van der Waals surface area contributed by atoms with Crippen LogP contribution in [0.25, 0.3) is 49.5 Å². The van der Waals surface area contributed by atoms with E-state index in [1.165, 1.54) is 6.07 Å². The first kappa shape index (κ1) is 18.1. The SMILES string of the molecule is Nc1cc(-n2c3cc(F)c4c(c3c3c5cccnc5oc(=O)c32)OCC4)c2ccccc2n1. The minimum atomic E-state index is -0.584. The lowest BCUT2D eigenvalue weighted by Gasteiger charge is -2.12. The van der Waals surface area contributed by atoms with Gasteiger partial charge in [0, 0.05) is 40.4 Å². The molecule has 5 heterocycles. The van der Waals surface area contributed by atoms with E-state index in [-0.39, 0.29) is 22.9 Å². The van der Waals surface area contributed by atoms with Crippen LogP contribution in [0.4, 0.5) is 10.2 Å². The molecule has 1 aliphatic heterocycles. The number of hydrogen-bond acceptors (Lipinski definition) is 6. The Morgan fingerprint density at radius 3 is 2.82 bits per heavy atom. The fourth-order valence-electron chi connectivity index (χ4n) is 4.94. The summed E-state index contributed by atoms with van der Waals surface area (Å²) >= 11 is 0. The summed E-state index contributed by atoms with van der Waals surface area (Å²) in [5, 5.41) is 2.68. The molecular weight excluding hydrogens is 423 g/mol. The Kier molecular flexibility index (Phi) is 3.46. The quantitative estimate of drug-likeness (QED) is 0.406. The third kappa shape index (κ3) is 2.34. The number of fused-ring (bicyclic) bond motifs is 8. The van der Waals surface area contributed by atoms with Gasteiger partial charge in [0.1, 0.15) is 22.9 Å². The summed E-state index contributed by atoms with van der Waals surface area (Å²) in [5.74, 6) is 0.358. The van der Waals surface area contributed by atoms with Crippen LogP contribution < -0.4 is 16.1 Å². The van der Waals surface area contributed by atoms with Crippen LogP contribution in [0, 0.1) is 5.82 Å². The maximum absolute atomic E-state index is 15.2. The zero-order valence-corrected chi connectivity index (χ0v) is 17.1. The van der Waals surface area contributed by atoms with E-state index in [0.29, 0.717) is 57.2 Å². The zero-order chi connectivity index (χ0) is 22.3. The van der Waals surface area contributed by atoms with Crippen LogP contribution in [0.2, 0.25) is 0 Å². The van der Waals surface area contributed by atoms with E-state index in [1.807, 2.05) is 30.3 Å². The van der Waals surface area contributed by atoms with E-state index in [0.717, 1.165) is 5.39 Å². The molecule has 0 spiro atoms. The van der Waals surface area contributed by atoms with Gasteiger partial charge in [0.05, 0.1) is 28.7 Å². The molecule has 2 N–H and O–H groups in total. The number of nitrogens with zero attached hydrogens (tertiary/aromatic N) is 3. The largest absolute Gasteiger partial charge is 0.492 e. The third-order valence-electron chi connectivity index (χ3n) is 6.24. The first-order valence-electron chi connectivity index (χ1n) is 10.5. The maximum Gasteiger partial charge on any atom is 0.362 e. The van der Waals surface area contributed by atoms with Crippen molar-refractivity contribution in [3.05, 3.63) is 76.5 Å². The molecule has 33 heavy (non-hydrogen) atoms. The number of halogens is 1. The van der Waals surface area contributed by atoms with E-state index in [1.54, 1.807) is 22.9 Å². The van der Waals surface area contributed by atoms with Gasteiger partial charge in [-0.3, -0.25) is 0 Å². The van der Waals surface area contributed by atoms with Gasteiger partial charge in [-0.1, -0.05) is 18.2 Å². The van der Waals surface area contributed by atoms with Crippen LogP contribution in [0.5, 0.6) is 5.75 Å². The van der Waals surface area contributed by atoms with Gasteiger partial charge < -0.3 is 19.5 Å². The summed E-state index contributed by atoms with van der Waals surface area (Å²) in [6, 6.07) is 14.2. The lowest BCUT2D eigenvalue weighted by atomic mass is 10.1. The van der Waals surface area contributed by atoms with Crippen molar-refractivity contribution in [2.24, 2.45) is 0 Å². The fraction of sp³-hybridized carbons (Fsp3) is 0.0800. The molecule has 7 nitrogen and oxygen atoms in total. The molecule has 0 aliphatic carbocycles. The number of para-hydroxylation sites is 1. The standard InChI is InChI=1S/C25H15FN4O3/c26-15-10-18-21(23-12(15)7-9-32-23)20-14-5-3-8-28-24(14)33-25(31)22(20)30(18)17-11-19(27)29-16-6-2-1-4-13(16)17/h1-6,8,10-11H,7,9H2,(H2,27,29). The van der Waals surface area contributed by atoms with Gasteiger partial charge in [-0.05, 0) is 24.3 Å². The molecule has 160 valence electrons. The first-order chi connectivity index (χ1) is 16.1. The van der Waals surface area contributed by atoms with Crippen LogP contribution >= 0.6 is 0 Å². The number of aromatic nitrogens is 3. The molecule has 1 aliphatic rings. The van der Waals surface area contributed by atoms with Crippen molar-refractivity contribution >= 4 is 49.6 Å². The first-order valence-corrected chi connectivity index (χ1v) is 10.5. The molecule has 0 fully saturated rings. The van der Waals surface area contributed by atoms with E-state index >= 15 is 4.39 Å². The Balaban J connectivity index is 1.82. The van der Waals surface area contributed by atoms with Crippen molar-refractivity contribution in [3.63, 3.8) is 0 Å². The maximum atomic E-state index is 15.2. The highest BCUT2D eigenvalue weighted by Crippen LogP contribution is 2.45. The lowest BCUT2D eigenvalue weighted by Crippen LogP contribution is -2.07. The van der Waals surface area contributed by atoms with Gasteiger partial charge in [-0.15, -0.1) is 0 Å². The monoisotopic (exact) mass is 438 g/mol. The number of hydrogen-bond donors (Lipinski definition) is 1. The normalized spacial score (nSPS) is 13.2. The molecular formula is C25H15FN4O3. The molecule has 0 saturated heterocycles. The predicted octanol–water partition coefficient (Wildman–Crippen LogP) is 4.49. The second-order valence-electron chi connectivity index (χ2n) is 8.05. The molecule has 0 bridgehead atoms. The Bertz CT molecular complexity index is 1860. The number of rotatable bonds is 1. The van der Waals surface area contributed by atoms with Crippen LogP contribution in [-0.2, 0) is 6.42 Å². The highest BCUT2D eigenvalue weighted by Gasteiger charge is 2.29. The van der Waals surface area contributed by atoms with Gasteiger partial charge in [0.25, 0.3) is 0 Å². The molecule has 7 rings (SSSR count). The second kappa shape index (κ2) is 6.29. The molecule has 0 radical (unpaired) electrons. The summed E-state index contributed by atoms with van der Waals surface area (Å²) in [4.78, 5) is 22.0. The molecule has 0 atom stereocenters. The summed E-state index contributed by atoms with van der Waals surface area (Å²) < 4.78 is 28.4. The summed E-state index contributed by atoms with van der Waals surface area (Å²) in [6.07, 6.45) is 2.03. The summed E-state index contributed by atoms with van der Waals surface area (Å²) in [6.45, 7) is 0.376. The van der Waals surface area contributed by atoms with Crippen LogP contribution in [-0.4, -0.2) is 21.1 Å². The molecule has 2 aromatic carbocycles. The Labute approximate surface area is 184 Å². The minimum absolute atomic E-state index is 0.212. The van der Waals surface area contributed by atoms with E-state index in [2.05, 4.69) is 9.97 Å². The average molecular weight is 438 g/mol. The highest BCUT2D eigenvalue weighted by atomic mass is 19.1. The van der Waals surface area contributed by atoms with Crippen molar-refractivity contribution < 1.29 is 13.5 Å². The van der Waals surface area contributed by atoms with Gasteiger partial charge in [-0.2, -0.15) is 0 Å². The third-order valence-corrected chi connectivity index (χ3v) is 6.24. The number of ether oxygens (including phenoxy) is 1. The smallest absolute Gasteiger partial charge is 0.362 e. The van der Waals surface area contributed by atoms with Gasteiger partial charge in [0.2, 0.25) is 5.71 Å². The van der Waals surface area contributed by atoms with E-state index < -0.39 is 5.63 Å². The van der Waals surface area contributed by atoms with Gasteiger partial charge in [-0.25, -0.2) is 19.2 Å². The van der Waals surface area contributed by atoms with E-state index in [4.69, 9.17) is 14.9 Å². The molecule has 0 unspecified atom stereocenters. The van der Waals surface area contributed by atoms with Gasteiger partial charge >= 0.3 is 5.63 Å². The minimum Gasteiger partial charge on any atom is -0.492 e. The molecule has 0 amide bonds. The number of nitrogens with two attached hydrogens (primary N) is 1. The van der Waals surface area contributed by atoms with Crippen molar-refractivity contribution in [2.75, 3.05) is 12.3 Å². The van der Waals surface area contributed by atoms with Crippen LogP contribution in [0.1, 0.15) is 5.56 Å². The Morgan fingerprint density at radius 2 is 1.91 bits per heavy atom. The topological polar surface area (TPSA) is 96.2 Å². The fourth-order valence-corrected chi connectivity index (χ4v) is 4.94. The molecule has 4 aromatic heterocycles. The van der Waals surface area contributed by atoms with Crippen molar-refractivity contribution in [1.29, 1.82) is 0 Å². The van der Waals surface area contributed by atoms with Crippen molar-refractivity contribution in [1.82, 2.24) is 14.5 Å². The van der Waals surface area contributed by atoms with Gasteiger partial charge in [0.15, 0.2) is 0 Å². The number of nitrogen functional groups attached to an aromatic ring is 1. The Morgan fingerprint density at radius 1 is 1.06 bits per heavy atom. The van der Waals surface area contributed by atoms with Crippen molar-refractivity contribution in [3.8, 4) is 11.4 Å². The Hall–Kier alpha value is -4.46. The number of anilines is 1. The van der Waals surface area contributed by atoms with E-state index in [9.17, 15) is 4.79 Å². The van der Waals surface area contributed by atoms with Crippen LogP contribution in [0.15, 0.2) is 63.9 Å². The predicted molar refractivity (Wildman–Crippen MR) is 123 cm³/mol. The number of benzene rings is 2.